The Kier molecular flexibility index (Phi) is 9.18. The first-order valence-corrected chi connectivity index (χ1v) is 11.5. The highest BCUT2D eigenvalue weighted by Crippen LogP contribution is 2.27. The molecule has 1 aliphatic heterocycles. The van der Waals surface area contributed by atoms with Crippen molar-refractivity contribution in [3.63, 3.8) is 0 Å². The smallest absolute Gasteiger partial charge is 0.259 e. The summed E-state index contributed by atoms with van der Waals surface area (Å²) in [5, 5.41) is 9.79. The van der Waals surface area contributed by atoms with Crippen LogP contribution in [0.4, 0.5) is 0 Å². The summed E-state index contributed by atoms with van der Waals surface area (Å²) in [6.45, 7) is 4.51. The number of aromatic nitrogens is 2. The largest absolute Gasteiger partial charge is 0.472 e. The van der Waals surface area contributed by atoms with Crippen LogP contribution < -0.4 is 4.74 Å². The second-order valence-electron chi connectivity index (χ2n) is 8.74. The van der Waals surface area contributed by atoms with Crippen LogP contribution in [0.3, 0.4) is 0 Å². The van der Waals surface area contributed by atoms with Gasteiger partial charge in [-0.05, 0) is 30.7 Å². The van der Waals surface area contributed by atoms with Crippen molar-refractivity contribution in [1.29, 1.82) is 0 Å². The first-order chi connectivity index (χ1) is 16.8. The fraction of sp³-hybridized carbons (Fsp3) is 0.462. The number of pyridine rings is 2. The van der Waals surface area contributed by atoms with Gasteiger partial charge in [-0.25, -0.2) is 4.98 Å². The molecule has 186 valence electrons. The number of carbonyl (C=O) groups is 2. The highest BCUT2D eigenvalue weighted by molar-refractivity contribution is 5.97. The summed E-state index contributed by atoms with van der Waals surface area (Å²) in [5.41, 5.74) is 1.72. The van der Waals surface area contributed by atoms with Gasteiger partial charge in [0.2, 0.25) is 11.8 Å². The molecule has 0 aromatic carbocycles. The summed E-state index contributed by atoms with van der Waals surface area (Å²) in [5.74, 6) is 5.51. The van der Waals surface area contributed by atoms with E-state index < -0.39 is 12.1 Å². The number of hydrogen-bond acceptors (Lipinski definition) is 7. The summed E-state index contributed by atoms with van der Waals surface area (Å²) in [6, 6.07) is 4.88. The number of aliphatic hydroxyl groups excluding tert-OH is 1. The molecular weight excluding hydrogens is 448 g/mol. The zero-order valence-corrected chi connectivity index (χ0v) is 20.6. The first-order valence-electron chi connectivity index (χ1n) is 11.5. The maximum atomic E-state index is 13.4. The maximum Gasteiger partial charge on any atom is 0.259 e. The minimum atomic E-state index is -0.417. The number of rotatable bonds is 7. The number of ether oxygens (including phenoxy) is 2. The molecule has 35 heavy (non-hydrogen) atoms. The zero-order valence-electron chi connectivity index (χ0n) is 20.6. The molecule has 0 aliphatic carbocycles. The van der Waals surface area contributed by atoms with Gasteiger partial charge in [0, 0.05) is 50.8 Å². The third-order valence-corrected chi connectivity index (χ3v) is 5.95. The number of likely N-dealkylation sites (N-methyl/N-ethyl adjacent to an activating group) is 1. The molecule has 3 atom stereocenters. The van der Waals surface area contributed by atoms with Crippen molar-refractivity contribution in [2.24, 2.45) is 5.92 Å². The number of fused-ring (bicyclic) bond motifs is 1. The highest BCUT2D eigenvalue weighted by Gasteiger charge is 2.34. The normalized spacial score (nSPS) is 18.3. The van der Waals surface area contributed by atoms with E-state index in [1.54, 1.807) is 55.5 Å². The molecule has 2 amide bonds. The lowest BCUT2D eigenvalue weighted by Crippen LogP contribution is -2.50. The van der Waals surface area contributed by atoms with E-state index >= 15 is 0 Å². The fourth-order valence-electron chi connectivity index (χ4n) is 3.78. The van der Waals surface area contributed by atoms with Gasteiger partial charge in [-0.1, -0.05) is 18.8 Å². The Labute approximate surface area is 206 Å². The molecule has 0 radical (unpaired) electrons. The van der Waals surface area contributed by atoms with Gasteiger partial charge in [0.25, 0.3) is 5.91 Å². The number of methoxy groups -OCH3 is 1. The summed E-state index contributed by atoms with van der Waals surface area (Å²) < 4.78 is 11.2. The predicted octanol–water partition coefficient (Wildman–Crippen LogP) is 1.40. The molecule has 3 heterocycles. The molecule has 3 rings (SSSR count). The molecular formula is C26H32N4O5. The molecule has 2 aromatic rings. The van der Waals surface area contributed by atoms with Gasteiger partial charge in [-0.15, -0.1) is 0 Å². The van der Waals surface area contributed by atoms with Crippen LogP contribution in [-0.4, -0.2) is 89.3 Å². The van der Waals surface area contributed by atoms with E-state index in [-0.39, 0.29) is 48.8 Å². The second-order valence-corrected chi connectivity index (χ2v) is 8.74. The lowest BCUT2D eigenvalue weighted by Gasteiger charge is -2.37. The highest BCUT2D eigenvalue weighted by atomic mass is 16.5. The summed E-state index contributed by atoms with van der Waals surface area (Å²) in [4.78, 5) is 37.9. The number of carbonyl (C=O) groups excluding carboxylic acids is 2. The molecule has 0 fully saturated rings. The fourth-order valence-corrected chi connectivity index (χ4v) is 3.78. The molecule has 0 spiro atoms. The lowest BCUT2D eigenvalue weighted by molar-refractivity contribution is -0.130. The van der Waals surface area contributed by atoms with Crippen LogP contribution in [0.25, 0.3) is 0 Å². The first kappa shape index (κ1) is 26.1. The standard InChI is InChI=1S/C26H32N4O5/c1-18-15-30(19(2)17-31)26(33)22-12-21(6-5-11-34-4)14-28-25(22)35-23(18)16-29(3)24(32)13-20-7-9-27-10-8-20/h7-10,12,14,18-19,23,31H,11,13,15-17H2,1-4H3/t18-,19+,23-/m1/s1. The average molecular weight is 481 g/mol. The third-order valence-electron chi connectivity index (χ3n) is 5.95. The van der Waals surface area contributed by atoms with Crippen LogP contribution in [-0.2, 0) is 16.0 Å². The van der Waals surface area contributed by atoms with Crippen molar-refractivity contribution < 1.29 is 24.2 Å². The van der Waals surface area contributed by atoms with Crippen LogP contribution in [0.1, 0.15) is 35.3 Å². The summed E-state index contributed by atoms with van der Waals surface area (Å²) >= 11 is 0. The van der Waals surface area contributed by atoms with Crippen LogP contribution in [0, 0.1) is 17.8 Å². The molecule has 1 N–H and O–H groups in total. The minimum absolute atomic E-state index is 0.0531. The van der Waals surface area contributed by atoms with E-state index in [4.69, 9.17) is 9.47 Å². The molecule has 0 unspecified atom stereocenters. The van der Waals surface area contributed by atoms with Crippen molar-refractivity contribution in [2.75, 3.05) is 40.5 Å². The Balaban J connectivity index is 1.87. The Morgan fingerprint density at radius 2 is 2.14 bits per heavy atom. The van der Waals surface area contributed by atoms with Crippen molar-refractivity contribution >= 4 is 11.8 Å². The monoisotopic (exact) mass is 480 g/mol. The van der Waals surface area contributed by atoms with E-state index in [1.807, 2.05) is 19.1 Å². The van der Waals surface area contributed by atoms with Crippen molar-refractivity contribution in [3.05, 3.63) is 53.5 Å². The molecule has 9 nitrogen and oxygen atoms in total. The minimum Gasteiger partial charge on any atom is -0.472 e. The van der Waals surface area contributed by atoms with E-state index in [1.165, 1.54) is 0 Å². The second kappa shape index (κ2) is 12.3. The topological polar surface area (TPSA) is 105 Å². The van der Waals surface area contributed by atoms with Gasteiger partial charge >= 0.3 is 0 Å². The van der Waals surface area contributed by atoms with Crippen LogP contribution >= 0.6 is 0 Å². The Bertz CT molecular complexity index is 1080. The van der Waals surface area contributed by atoms with Crippen molar-refractivity contribution in [3.8, 4) is 17.7 Å². The number of aliphatic hydroxyl groups is 1. The molecule has 0 saturated heterocycles. The Hall–Kier alpha value is -3.48. The van der Waals surface area contributed by atoms with Crippen molar-refractivity contribution in [2.45, 2.75) is 32.4 Å². The van der Waals surface area contributed by atoms with E-state index in [9.17, 15) is 14.7 Å². The molecule has 0 bridgehead atoms. The van der Waals surface area contributed by atoms with E-state index in [0.29, 0.717) is 18.7 Å². The zero-order chi connectivity index (χ0) is 25.4. The van der Waals surface area contributed by atoms with E-state index in [2.05, 4.69) is 21.8 Å². The van der Waals surface area contributed by atoms with Gasteiger partial charge in [-0.3, -0.25) is 14.6 Å². The maximum absolute atomic E-state index is 13.4. The molecule has 9 heteroatoms. The summed E-state index contributed by atoms with van der Waals surface area (Å²) in [6.07, 6.45) is 4.71. The lowest BCUT2D eigenvalue weighted by atomic mass is 9.99. The van der Waals surface area contributed by atoms with Crippen molar-refractivity contribution in [1.82, 2.24) is 19.8 Å². The van der Waals surface area contributed by atoms with Gasteiger partial charge in [0.15, 0.2) is 0 Å². The van der Waals surface area contributed by atoms with Gasteiger partial charge in [-0.2, -0.15) is 0 Å². The molecule has 2 aromatic heterocycles. The Morgan fingerprint density at radius 1 is 1.40 bits per heavy atom. The van der Waals surface area contributed by atoms with Crippen LogP contribution in [0.5, 0.6) is 5.88 Å². The Morgan fingerprint density at radius 3 is 2.83 bits per heavy atom. The number of hydrogen-bond donors (Lipinski definition) is 1. The van der Waals surface area contributed by atoms with Gasteiger partial charge in [0.1, 0.15) is 18.3 Å². The molecule has 1 aliphatic rings. The van der Waals surface area contributed by atoms with Crippen LogP contribution in [0.2, 0.25) is 0 Å². The van der Waals surface area contributed by atoms with E-state index in [0.717, 1.165) is 5.56 Å². The number of amides is 2. The van der Waals surface area contributed by atoms with Gasteiger partial charge < -0.3 is 24.4 Å². The summed E-state index contributed by atoms with van der Waals surface area (Å²) in [7, 11) is 3.29. The number of nitrogens with zero attached hydrogens (tertiary/aromatic N) is 4. The SMILES string of the molecule is COCC#Cc1cnc2c(c1)C(=O)N([C@@H](C)CO)C[C@@H](C)[C@@H](CN(C)C(=O)Cc1ccncc1)O2. The third kappa shape index (κ3) is 6.78. The molecule has 0 saturated carbocycles. The average Bonchev–Trinajstić information content (AvgIpc) is 2.86. The quantitative estimate of drug-likeness (QED) is 0.597. The van der Waals surface area contributed by atoms with Crippen LogP contribution in [0.15, 0.2) is 36.8 Å². The van der Waals surface area contributed by atoms with Gasteiger partial charge in [0.05, 0.1) is 25.6 Å². The predicted molar refractivity (Wildman–Crippen MR) is 130 cm³/mol.